The molecule has 1 heterocycles. The van der Waals surface area contributed by atoms with Crippen molar-refractivity contribution in [2.75, 3.05) is 6.54 Å². The molecule has 5 heteroatoms. The van der Waals surface area contributed by atoms with Crippen LogP contribution in [0.15, 0.2) is 6.20 Å². The molecular formula is C16H30N4O. The average Bonchev–Trinajstić information content (AvgIpc) is 2.69. The zero-order chi connectivity index (χ0) is 16.0. The monoisotopic (exact) mass is 294 g/mol. The smallest absolute Gasteiger partial charge is 0.220 e. The highest BCUT2D eigenvalue weighted by Gasteiger charge is 2.24. The van der Waals surface area contributed by atoms with Gasteiger partial charge in [0.15, 0.2) is 0 Å². The van der Waals surface area contributed by atoms with Crippen molar-refractivity contribution in [1.82, 2.24) is 15.1 Å². The summed E-state index contributed by atoms with van der Waals surface area (Å²) >= 11 is 0. The number of carbonyl (C=O) groups excluding carboxylic acids is 1. The van der Waals surface area contributed by atoms with Crippen molar-refractivity contribution in [2.24, 2.45) is 24.1 Å². The third kappa shape index (κ3) is 5.87. The normalized spacial score (nSPS) is 13.2. The minimum Gasteiger partial charge on any atom is -0.352 e. The van der Waals surface area contributed by atoms with Crippen molar-refractivity contribution in [2.45, 2.75) is 53.5 Å². The van der Waals surface area contributed by atoms with E-state index in [1.54, 1.807) is 4.68 Å². The zero-order valence-electron chi connectivity index (χ0n) is 14.1. The molecule has 0 saturated heterocycles. The van der Waals surface area contributed by atoms with Crippen LogP contribution in [-0.2, 0) is 18.4 Å². The molecule has 0 saturated carbocycles. The number of aromatic nitrogens is 2. The molecule has 0 spiro atoms. The molecule has 1 atom stereocenters. The Morgan fingerprint density at radius 2 is 2.10 bits per heavy atom. The van der Waals surface area contributed by atoms with Crippen LogP contribution in [0.4, 0.5) is 0 Å². The number of hydrogen-bond donors (Lipinski definition) is 2. The Morgan fingerprint density at radius 3 is 2.57 bits per heavy atom. The van der Waals surface area contributed by atoms with E-state index in [2.05, 4.69) is 31.2 Å². The third-order valence-electron chi connectivity index (χ3n) is 4.05. The fraction of sp³-hybridized carbons (Fsp3) is 0.750. The molecule has 0 aliphatic heterocycles. The van der Waals surface area contributed by atoms with Gasteiger partial charge >= 0.3 is 0 Å². The van der Waals surface area contributed by atoms with Crippen LogP contribution in [0.25, 0.3) is 0 Å². The van der Waals surface area contributed by atoms with E-state index in [0.29, 0.717) is 25.4 Å². The topological polar surface area (TPSA) is 72.9 Å². The van der Waals surface area contributed by atoms with Gasteiger partial charge in [0.05, 0.1) is 5.69 Å². The summed E-state index contributed by atoms with van der Waals surface area (Å²) in [5.74, 6) is 0.581. The highest BCUT2D eigenvalue weighted by molar-refractivity contribution is 5.75. The molecule has 0 radical (unpaired) electrons. The van der Waals surface area contributed by atoms with Crippen LogP contribution < -0.4 is 11.1 Å². The second-order valence-electron chi connectivity index (χ2n) is 6.87. The summed E-state index contributed by atoms with van der Waals surface area (Å²) < 4.78 is 1.77. The predicted molar refractivity (Wildman–Crippen MR) is 85.6 cm³/mol. The van der Waals surface area contributed by atoms with E-state index in [0.717, 1.165) is 24.1 Å². The molecule has 21 heavy (non-hydrogen) atoms. The molecule has 0 bridgehead atoms. The van der Waals surface area contributed by atoms with Crippen molar-refractivity contribution in [3.63, 3.8) is 0 Å². The number of carbonyl (C=O) groups is 1. The van der Waals surface area contributed by atoms with Crippen molar-refractivity contribution >= 4 is 5.91 Å². The minimum absolute atomic E-state index is 0.101. The Labute approximate surface area is 128 Å². The molecular weight excluding hydrogens is 264 g/mol. The van der Waals surface area contributed by atoms with Gasteiger partial charge in [0.1, 0.15) is 0 Å². The number of nitrogens with two attached hydrogens (primary N) is 1. The van der Waals surface area contributed by atoms with Gasteiger partial charge in [-0.2, -0.15) is 5.10 Å². The fourth-order valence-corrected chi connectivity index (χ4v) is 2.62. The van der Waals surface area contributed by atoms with Crippen LogP contribution in [-0.4, -0.2) is 22.2 Å². The van der Waals surface area contributed by atoms with Crippen LogP contribution in [0.3, 0.4) is 0 Å². The van der Waals surface area contributed by atoms with E-state index >= 15 is 0 Å². The first-order valence-electron chi connectivity index (χ1n) is 7.70. The van der Waals surface area contributed by atoms with Crippen LogP contribution in [0.5, 0.6) is 0 Å². The zero-order valence-corrected chi connectivity index (χ0v) is 14.1. The maximum Gasteiger partial charge on any atom is 0.220 e. The molecule has 1 amide bonds. The van der Waals surface area contributed by atoms with E-state index in [1.807, 2.05) is 20.2 Å². The standard InChI is InChI=1S/C16H30N4O/c1-12-13(11-20(5)19-12)10-18-15(21)7-6-14(8-9-17)16(2,3)4/h11,14H,6-10,17H2,1-5H3,(H,18,21). The van der Waals surface area contributed by atoms with Gasteiger partial charge < -0.3 is 11.1 Å². The van der Waals surface area contributed by atoms with Crippen molar-refractivity contribution < 1.29 is 4.79 Å². The summed E-state index contributed by atoms with van der Waals surface area (Å²) in [7, 11) is 1.89. The Balaban J connectivity index is 2.41. The lowest BCUT2D eigenvalue weighted by Gasteiger charge is -2.30. The molecule has 1 unspecified atom stereocenters. The van der Waals surface area contributed by atoms with Gasteiger partial charge in [-0.3, -0.25) is 9.48 Å². The van der Waals surface area contributed by atoms with E-state index < -0.39 is 0 Å². The third-order valence-corrected chi connectivity index (χ3v) is 4.05. The maximum absolute atomic E-state index is 12.0. The first-order chi connectivity index (χ1) is 9.74. The number of nitrogens with zero attached hydrogens (tertiary/aromatic N) is 2. The number of amides is 1. The first kappa shape index (κ1) is 17.7. The van der Waals surface area contributed by atoms with E-state index in [4.69, 9.17) is 5.73 Å². The fourth-order valence-electron chi connectivity index (χ4n) is 2.62. The number of hydrogen-bond acceptors (Lipinski definition) is 3. The molecule has 0 aliphatic rings. The highest BCUT2D eigenvalue weighted by Crippen LogP contribution is 2.31. The Kier molecular flexibility index (Phi) is 6.40. The van der Waals surface area contributed by atoms with Gasteiger partial charge in [0.25, 0.3) is 0 Å². The molecule has 5 nitrogen and oxygen atoms in total. The molecule has 120 valence electrons. The van der Waals surface area contributed by atoms with Crippen LogP contribution in [0.2, 0.25) is 0 Å². The lowest BCUT2D eigenvalue weighted by molar-refractivity contribution is -0.121. The van der Waals surface area contributed by atoms with E-state index in [1.165, 1.54) is 0 Å². The second kappa shape index (κ2) is 7.59. The van der Waals surface area contributed by atoms with Gasteiger partial charge in [0.2, 0.25) is 5.91 Å². The Hall–Kier alpha value is -1.36. The van der Waals surface area contributed by atoms with Crippen molar-refractivity contribution in [3.05, 3.63) is 17.5 Å². The van der Waals surface area contributed by atoms with Gasteiger partial charge in [0, 0.05) is 31.8 Å². The number of aryl methyl sites for hydroxylation is 2. The number of rotatable bonds is 7. The molecule has 0 aliphatic carbocycles. The van der Waals surface area contributed by atoms with E-state index in [-0.39, 0.29) is 11.3 Å². The van der Waals surface area contributed by atoms with Crippen molar-refractivity contribution in [1.29, 1.82) is 0 Å². The number of nitrogens with one attached hydrogen (secondary N) is 1. The summed E-state index contributed by atoms with van der Waals surface area (Å²) in [6.07, 6.45) is 4.36. The summed E-state index contributed by atoms with van der Waals surface area (Å²) in [6, 6.07) is 0. The predicted octanol–water partition coefficient (Wildman–Crippen LogP) is 2.14. The van der Waals surface area contributed by atoms with Gasteiger partial charge in [-0.15, -0.1) is 0 Å². The Bertz CT molecular complexity index is 459. The molecule has 0 aromatic carbocycles. The van der Waals surface area contributed by atoms with Crippen LogP contribution >= 0.6 is 0 Å². The lowest BCUT2D eigenvalue weighted by Crippen LogP contribution is -2.27. The lowest BCUT2D eigenvalue weighted by atomic mass is 9.76. The van der Waals surface area contributed by atoms with Gasteiger partial charge in [-0.1, -0.05) is 20.8 Å². The summed E-state index contributed by atoms with van der Waals surface area (Å²) in [6.45, 7) is 9.82. The molecule has 0 fully saturated rings. The van der Waals surface area contributed by atoms with Crippen LogP contribution in [0.1, 0.15) is 51.3 Å². The first-order valence-corrected chi connectivity index (χ1v) is 7.70. The average molecular weight is 294 g/mol. The molecule has 1 aromatic heterocycles. The van der Waals surface area contributed by atoms with Gasteiger partial charge in [-0.05, 0) is 37.6 Å². The summed E-state index contributed by atoms with van der Waals surface area (Å²) in [5.41, 5.74) is 7.91. The maximum atomic E-state index is 12.0. The van der Waals surface area contributed by atoms with Crippen molar-refractivity contribution in [3.8, 4) is 0 Å². The van der Waals surface area contributed by atoms with Crippen LogP contribution in [0, 0.1) is 18.3 Å². The van der Waals surface area contributed by atoms with E-state index in [9.17, 15) is 4.79 Å². The quantitative estimate of drug-likeness (QED) is 0.809. The highest BCUT2D eigenvalue weighted by atomic mass is 16.1. The summed E-state index contributed by atoms with van der Waals surface area (Å²) in [5, 5.41) is 7.25. The Morgan fingerprint density at radius 1 is 1.43 bits per heavy atom. The second-order valence-corrected chi connectivity index (χ2v) is 6.87. The molecule has 3 N–H and O–H groups in total. The SMILES string of the molecule is Cc1nn(C)cc1CNC(=O)CCC(CCN)C(C)(C)C. The molecule has 1 aromatic rings. The minimum atomic E-state index is 0.101. The summed E-state index contributed by atoms with van der Waals surface area (Å²) in [4.78, 5) is 12.0. The largest absolute Gasteiger partial charge is 0.352 e. The van der Waals surface area contributed by atoms with Gasteiger partial charge in [-0.25, -0.2) is 0 Å². The molecule has 1 rings (SSSR count).